The molecule has 62 valence electrons. The fourth-order valence-electron chi connectivity index (χ4n) is 1.00. The van der Waals surface area contributed by atoms with Crippen molar-refractivity contribution in [1.29, 1.82) is 5.26 Å². The van der Waals surface area contributed by atoms with E-state index in [-0.39, 0.29) is 5.56 Å². The zero-order valence-corrected chi connectivity index (χ0v) is 7.48. The van der Waals surface area contributed by atoms with E-state index >= 15 is 0 Å². The quantitative estimate of drug-likeness (QED) is 0.636. The fourth-order valence-corrected chi connectivity index (χ4v) is 1.31. The number of hydrogen-bond acceptors (Lipinski definition) is 3. The summed E-state index contributed by atoms with van der Waals surface area (Å²) in [6, 6.07) is 3.42. The third kappa shape index (κ3) is 1.51. The van der Waals surface area contributed by atoms with Crippen LogP contribution in [0.5, 0.6) is 0 Å². The Morgan fingerprint density at radius 1 is 1.75 bits per heavy atom. The minimum Gasteiger partial charge on any atom is -0.316 e. The number of nitrogens with one attached hydrogen (secondary N) is 1. The summed E-state index contributed by atoms with van der Waals surface area (Å²) in [5.41, 5.74) is 0.988. The predicted molar refractivity (Wildman–Crippen MR) is 48.4 cm³/mol. The van der Waals surface area contributed by atoms with Gasteiger partial charge in [-0.2, -0.15) is 5.26 Å². The molecule has 0 bridgehead atoms. The van der Waals surface area contributed by atoms with Crippen molar-refractivity contribution in [3.8, 4) is 6.07 Å². The Morgan fingerprint density at radius 3 is 2.92 bits per heavy atom. The molecule has 0 aliphatic heterocycles. The van der Waals surface area contributed by atoms with Crippen molar-refractivity contribution in [1.82, 2.24) is 4.98 Å². The van der Waals surface area contributed by atoms with Gasteiger partial charge in [-0.25, -0.2) is 0 Å². The van der Waals surface area contributed by atoms with E-state index in [4.69, 9.17) is 5.26 Å². The molecule has 0 amide bonds. The number of aromatic amines is 1. The Labute approximate surface area is 75.5 Å². The van der Waals surface area contributed by atoms with Gasteiger partial charge in [0.15, 0.2) is 0 Å². The summed E-state index contributed by atoms with van der Waals surface area (Å²) in [6.07, 6.45) is 0.667. The van der Waals surface area contributed by atoms with Crippen LogP contribution in [0, 0.1) is 11.3 Å². The van der Waals surface area contributed by atoms with Gasteiger partial charge in [-0.1, -0.05) is 6.92 Å². The van der Waals surface area contributed by atoms with Crippen LogP contribution < -0.4 is 5.56 Å². The number of H-pyrrole nitrogens is 1. The van der Waals surface area contributed by atoms with Gasteiger partial charge in [0.1, 0.15) is 6.07 Å². The molecule has 0 spiro atoms. The zero-order chi connectivity index (χ0) is 9.14. The molecule has 0 fully saturated rings. The van der Waals surface area contributed by atoms with Crippen LogP contribution in [-0.4, -0.2) is 4.98 Å². The highest BCUT2D eigenvalue weighted by Crippen LogP contribution is 2.12. The lowest BCUT2D eigenvalue weighted by Gasteiger charge is -2.00. The molecule has 3 nitrogen and oxygen atoms in total. The smallest absolute Gasteiger partial charge is 0.249 e. The molecule has 0 aromatic carbocycles. The number of thiol groups is 1. The van der Waals surface area contributed by atoms with E-state index < -0.39 is 0 Å². The first kappa shape index (κ1) is 8.88. The van der Waals surface area contributed by atoms with Crippen LogP contribution in [0.2, 0.25) is 0 Å². The Morgan fingerprint density at radius 2 is 2.42 bits per heavy atom. The first-order valence-electron chi connectivity index (χ1n) is 3.54. The largest absolute Gasteiger partial charge is 0.316 e. The summed E-state index contributed by atoms with van der Waals surface area (Å²) in [5, 5.41) is 9.05. The predicted octanol–water partition coefficient (Wildman–Crippen LogP) is 1.10. The highest BCUT2D eigenvalue weighted by atomic mass is 32.1. The third-order valence-electron chi connectivity index (χ3n) is 1.60. The maximum absolute atomic E-state index is 10.9. The lowest BCUT2D eigenvalue weighted by molar-refractivity contribution is 1.00. The second kappa shape index (κ2) is 3.46. The molecule has 1 aromatic heterocycles. The number of nitriles is 1. The minimum absolute atomic E-state index is 0.212. The minimum atomic E-state index is -0.212. The van der Waals surface area contributed by atoms with Gasteiger partial charge in [0.2, 0.25) is 5.56 Å². The molecular formula is C8H8N2OS. The molecule has 1 aromatic rings. The van der Waals surface area contributed by atoms with E-state index in [0.29, 0.717) is 17.0 Å². The number of pyridine rings is 1. The van der Waals surface area contributed by atoms with E-state index in [0.717, 1.165) is 5.56 Å². The van der Waals surface area contributed by atoms with Crippen molar-refractivity contribution in [2.75, 3.05) is 0 Å². The Hall–Kier alpha value is -1.21. The van der Waals surface area contributed by atoms with Gasteiger partial charge in [0, 0.05) is 6.07 Å². The standard InChI is InChI=1S/C8H8N2OS/c1-2-5-3-7(11)10-8(12)6(5)4-9/h3H,2H2,1H3,(H2,10,11,12). The number of aromatic nitrogens is 1. The average molecular weight is 180 g/mol. The second-order valence-electron chi connectivity index (χ2n) is 2.35. The molecular weight excluding hydrogens is 172 g/mol. The number of aryl methyl sites for hydroxylation is 1. The topological polar surface area (TPSA) is 56.6 Å². The molecule has 12 heavy (non-hydrogen) atoms. The van der Waals surface area contributed by atoms with Crippen molar-refractivity contribution in [3.05, 3.63) is 27.5 Å². The molecule has 0 radical (unpaired) electrons. The molecule has 1 N–H and O–H groups in total. The highest BCUT2D eigenvalue weighted by Gasteiger charge is 2.05. The summed E-state index contributed by atoms with van der Waals surface area (Å²) in [5.74, 6) is 0. The lowest BCUT2D eigenvalue weighted by Crippen LogP contribution is -2.08. The molecule has 4 heteroatoms. The van der Waals surface area contributed by atoms with E-state index in [1.165, 1.54) is 6.07 Å². The molecule has 0 atom stereocenters. The SMILES string of the molecule is CCc1cc(=O)[nH]c(S)c1C#N. The van der Waals surface area contributed by atoms with E-state index in [1.54, 1.807) is 0 Å². The van der Waals surface area contributed by atoms with E-state index in [2.05, 4.69) is 17.6 Å². The van der Waals surface area contributed by atoms with Gasteiger partial charge in [-0.05, 0) is 12.0 Å². The van der Waals surface area contributed by atoms with Gasteiger partial charge in [0.25, 0.3) is 0 Å². The van der Waals surface area contributed by atoms with Crippen molar-refractivity contribution < 1.29 is 0 Å². The van der Waals surface area contributed by atoms with Crippen LogP contribution in [0.25, 0.3) is 0 Å². The first-order chi connectivity index (χ1) is 5.69. The monoisotopic (exact) mass is 180 g/mol. The van der Waals surface area contributed by atoms with Crippen LogP contribution in [0.4, 0.5) is 0 Å². The molecule has 1 heterocycles. The summed E-state index contributed by atoms with van der Waals surface area (Å²) in [4.78, 5) is 13.4. The van der Waals surface area contributed by atoms with Gasteiger partial charge < -0.3 is 4.98 Å². The molecule has 0 aliphatic carbocycles. The van der Waals surface area contributed by atoms with Crippen molar-refractivity contribution in [3.63, 3.8) is 0 Å². The summed E-state index contributed by atoms with van der Waals surface area (Å²) in [7, 11) is 0. The molecule has 0 saturated carbocycles. The maximum atomic E-state index is 10.9. The normalized spacial score (nSPS) is 9.42. The van der Waals surface area contributed by atoms with Crippen LogP contribution in [-0.2, 0) is 6.42 Å². The van der Waals surface area contributed by atoms with Crippen LogP contribution in [0.1, 0.15) is 18.1 Å². The highest BCUT2D eigenvalue weighted by molar-refractivity contribution is 7.80. The Bertz CT molecular complexity index is 389. The number of hydrogen-bond donors (Lipinski definition) is 2. The van der Waals surface area contributed by atoms with Gasteiger partial charge in [-0.3, -0.25) is 4.79 Å². The van der Waals surface area contributed by atoms with Crippen LogP contribution in [0.3, 0.4) is 0 Å². The summed E-state index contributed by atoms with van der Waals surface area (Å²) < 4.78 is 0. The summed E-state index contributed by atoms with van der Waals surface area (Å²) in [6.45, 7) is 1.89. The van der Waals surface area contributed by atoms with Crippen LogP contribution in [0.15, 0.2) is 15.9 Å². The maximum Gasteiger partial charge on any atom is 0.249 e. The van der Waals surface area contributed by atoms with Crippen molar-refractivity contribution in [2.24, 2.45) is 0 Å². The Balaban J connectivity index is 3.47. The average Bonchev–Trinajstić information content (AvgIpc) is 2.03. The zero-order valence-electron chi connectivity index (χ0n) is 6.59. The molecule has 1 rings (SSSR count). The number of nitrogens with zero attached hydrogens (tertiary/aromatic N) is 1. The lowest BCUT2D eigenvalue weighted by atomic mass is 10.1. The van der Waals surface area contributed by atoms with E-state index in [1.807, 2.05) is 13.0 Å². The van der Waals surface area contributed by atoms with Gasteiger partial charge in [0.05, 0.1) is 10.6 Å². The fraction of sp³-hybridized carbons (Fsp3) is 0.250. The first-order valence-corrected chi connectivity index (χ1v) is 3.99. The van der Waals surface area contributed by atoms with E-state index in [9.17, 15) is 4.79 Å². The molecule has 0 saturated heterocycles. The number of rotatable bonds is 1. The molecule has 0 aliphatic rings. The summed E-state index contributed by atoms with van der Waals surface area (Å²) >= 11 is 3.99. The van der Waals surface area contributed by atoms with Crippen molar-refractivity contribution in [2.45, 2.75) is 18.4 Å². The third-order valence-corrected chi connectivity index (χ3v) is 1.93. The van der Waals surface area contributed by atoms with Crippen molar-refractivity contribution >= 4 is 12.6 Å². The van der Waals surface area contributed by atoms with Gasteiger partial charge in [-0.15, -0.1) is 12.6 Å². The Kier molecular flexibility index (Phi) is 2.56. The second-order valence-corrected chi connectivity index (χ2v) is 2.80. The van der Waals surface area contributed by atoms with Gasteiger partial charge >= 0.3 is 0 Å². The molecule has 0 unspecified atom stereocenters. The van der Waals surface area contributed by atoms with Crippen LogP contribution >= 0.6 is 12.6 Å².